The fourth-order valence-corrected chi connectivity index (χ4v) is 2.45. The van der Waals surface area contributed by atoms with Gasteiger partial charge in [-0.1, -0.05) is 12.1 Å². The van der Waals surface area contributed by atoms with Crippen LogP contribution in [0.2, 0.25) is 0 Å². The van der Waals surface area contributed by atoms with Crippen molar-refractivity contribution in [3.8, 4) is 5.75 Å². The van der Waals surface area contributed by atoms with Crippen LogP contribution in [-0.2, 0) is 15.9 Å². The SMILES string of the molecule is CCOC(=O)c1cccc(CCC(=O)c2cc(OCOC)ccc2N)c1. The molecule has 0 bridgehead atoms. The number of benzene rings is 2. The third-order valence-corrected chi connectivity index (χ3v) is 3.75. The fraction of sp³-hybridized carbons (Fsp3) is 0.300. The first-order valence-electron chi connectivity index (χ1n) is 8.35. The summed E-state index contributed by atoms with van der Waals surface area (Å²) in [6, 6.07) is 12.0. The Bertz CT molecular complexity index is 773. The van der Waals surface area contributed by atoms with Gasteiger partial charge in [0.2, 0.25) is 0 Å². The summed E-state index contributed by atoms with van der Waals surface area (Å²) in [6.07, 6.45) is 0.763. The van der Waals surface area contributed by atoms with Gasteiger partial charge in [0.15, 0.2) is 12.6 Å². The minimum absolute atomic E-state index is 0.0908. The lowest BCUT2D eigenvalue weighted by Gasteiger charge is -2.09. The van der Waals surface area contributed by atoms with E-state index < -0.39 is 0 Å². The van der Waals surface area contributed by atoms with Gasteiger partial charge >= 0.3 is 5.97 Å². The molecule has 2 N–H and O–H groups in total. The van der Waals surface area contributed by atoms with E-state index in [1.54, 1.807) is 43.3 Å². The Morgan fingerprint density at radius 1 is 1.12 bits per heavy atom. The molecule has 0 fully saturated rings. The monoisotopic (exact) mass is 357 g/mol. The Hall–Kier alpha value is -2.86. The summed E-state index contributed by atoms with van der Waals surface area (Å²) >= 11 is 0. The highest BCUT2D eigenvalue weighted by Crippen LogP contribution is 2.22. The summed E-state index contributed by atoms with van der Waals surface area (Å²) in [6.45, 7) is 2.18. The summed E-state index contributed by atoms with van der Waals surface area (Å²) in [5, 5.41) is 0. The van der Waals surface area contributed by atoms with E-state index >= 15 is 0 Å². The molecular weight excluding hydrogens is 334 g/mol. The molecule has 0 aliphatic carbocycles. The predicted molar refractivity (Wildman–Crippen MR) is 98.4 cm³/mol. The molecule has 0 saturated carbocycles. The first-order chi connectivity index (χ1) is 12.5. The van der Waals surface area contributed by atoms with Crippen molar-refractivity contribution in [2.24, 2.45) is 0 Å². The van der Waals surface area contributed by atoms with Crippen molar-refractivity contribution in [1.82, 2.24) is 0 Å². The molecule has 0 atom stereocenters. The summed E-state index contributed by atoms with van der Waals surface area (Å²) < 4.78 is 15.2. The maximum absolute atomic E-state index is 12.5. The molecule has 0 saturated heterocycles. The van der Waals surface area contributed by atoms with Gasteiger partial charge in [-0.3, -0.25) is 4.79 Å². The van der Waals surface area contributed by atoms with Crippen LogP contribution < -0.4 is 10.5 Å². The highest BCUT2D eigenvalue weighted by molar-refractivity contribution is 6.01. The van der Waals surface area contributed by atoms with Gasteiger partial charge in [-0.25, -0.2) is 4.79 Å². The molecule has 0 spiro atoms. The van der Waals surface area contributed by atoms with E-state index in [9.17, 15) is 9.59 Å². The van der Waals surface area contributed by atoms with E-state index in [2.05, 4.69) is 0 Å². The van der Waals surface area contributed by atoms with Crippen LogP contribution in [0.15, 0.2) is 42.5 Å². The number of ketones is 1. The van der Waals surface area contributed by atoms with Gasteiger partial charge in [-0.15, -0.1) is 0 Å². The smallest absolute Gasteiger partial charge is 0.338 e. The average Bonchev–Trinajstić information content (AvgIpc) is 2.66. The second kappa shape index (κ2) is 9.58. The highest BCUT2D eigenvalue weighted by Gasteiger charge is 2.13. The number of methoxy groups -OCH3 is 1. The lowest BCUT2D eigenvalue weighted by atomic mass is 10.00. The molecule has 138 valence electrons. The quantitative estimate of drug-likeness (QED) is 0.321. The van der Waals surface area contributed by atoms with Gasteiger partial charge in [0.1, 0.15) is 5.75 Å². The molecule has 0 heterocycles. The number of hydrogen-bond acceptors (Lipinski definition) is 6. The van der Waals surface area contributed by atoms with Crippen molar-refractivity contribution < 1.29 is 23.8 Å². The zero-order valence-electron chi connectivity index (χ0n) is 15.0. The molecule has 2 aromatic rings. The van der Waals surface area contributed by atoms with E-state index in [1.807, 2.05) is 6.07 Å². The first kappa shape index (κ1) is 19.5. The second-order valence-corrected chi connectivity index (χ2v) is 5.64. The Morgan fingerprint density at radius 3 is 2.65 bits per heavy atom. The van der Waals surface area contributed by atoms with E-state index in [1.165, 1.54) is 7.11 Å². The van der Waals surface area contributed by atoms with Crippen molar-refractivity contribution in [2.75, 3.05) is 26.2 Å². The summed E-state index contributed by atoms with van der Waals surface area (Å²) in [5.41, 5.74) is 8.10. The number of nitrogen functional groups attached to an aromatic ring is 1. The molecule has 0 aliphatic heterocycles. The second-order valence-electron chi connectivity index (χ2n) is 5.64. The Labute approximate surface area is 152 Å². The zero-order chi connectivity index (χ0) is 18.9. The highest BCUT2D eigenvalue weighted by atomic mass is 16.7. The molecule has 26 heavy (non-hydrogen) atoms. The first-order valence-corrected chi connectivity index (χ1v) is 8.35. The lowest BCUT2D eigenvalue weighted by Crippen LogP contribution is -2.08. The summed E-state index contributed by atoms with van der Waals surface area (Å²) in [4.78, 5) is 24.3. The largest absolute Gasteiger partial charge is 0.468 e. The predicted octanol–water partition coefficient (Wildman–Crippen LogP) is 3.24. The number of anilines is 1. The number of esters is 1. The van der Waals surface area contributed by atoms with Crippen molar-refractivity contribution >= 4 is 17.4 Å². The van der Waals surface area contributed by atoms with Crippen LogP contribution in [0.4, 0.5) is 5.69 Å². The lowest BCUT2D eigenvalue weighted by molar-refractivity contribution is 0.0509. The molecule has 0 aliphatic rings. The van der Waals surface area contributed by atoms with Crippen LogP contribution in [0.1, 0.15) is 39.6 Å². The maximum Gasteiger partial charge on any atom is 0.338 e. The molecule has 6 heteroatoms. The molecule has 2 aromatic carbocycles. The normalized spacial score (nSPS) is 10.4. The maximum atomic E-state index is 12.5. The average molecular weight is 357 g/mol. The van der Waals surface area contributed by atoms with Gasteiger partial charge in [-0.2, -0.15) is 0 Å². The van der Waals surface area contributed by atoms with Crippen LogP contribution in [-0.4, -0.2) is 32.3 Å². The van der Waals surface area contributed by atoms with Gasteiger partial charge in [0.05, 0.1) is 12.2 Å². The van der Waals surface area contributed by atoms with Crippen molar-refractivity contribution in [1.29, 1.82) is 0 Å². The number of aryl methyl sites for hydroxylation is 1. The van der Waals surface area contributed by atoms with Crippen LogP contribution in [0, 0.1) is 0 Å². The van der Waals surface area contributed by atoms with E-state index in [0.717, 1.165) is 5.56 Å². The molecule has 2 rings (SSSR count). The Morgan fingerprint density at radius 2 is 1.92 bits per heavy atom. The number of hydrogen-bond donors (Lipinski definition) is 1. The van der Waals surface area contributed by atoms with Crippen LogP contribution in [0.5, 0.6) is 5.75 Å². The van der Waals surface area contributed by atoms with Crippen molar-refractivity contribution in [3.05, 3.63) is 59.2 Å². The van der Waals surface area contributed by atoms with Gasteiger partial charge in [0, 0.05) is 24.8 Å². The number of ether oxygens (including phenoxy) is 3. The molecule has 0 unspecified atom stereocenters. The number of carbonyl (C=O) groups excluding carboxylic acids is 2. The minimum Gasteiger partial charge on any atom is -0.468 e. The van der Waals surface area contributed by atoms with Gasteiger partial charge in [-0.05, 0) is 49.2 Å². The van der Waals surface area contributed by atoms with E-state index in [0.29, 0.717) is 35.6 Å². The van der Waals surface area contributed by atoms with Gasteiger partial charge in [0.25, 0.3) is 0 Å². The molecule has 0 radical (unpaired) electrons. The topological polar surface area (TPSA) is 87.9 Å². The molecule has 6 nitrogen and oxygen atoms in total. The van der Waals surface area contributed by atoms with Crippen molar-refractivity contribution in [2.45, 2.75) is 19.8 Å². The third kappa shape index (κ3) is 5.32. The summed E-state index contributed by atoms with van der Waals surface area (Å²) in [5.74, 6) is 0.0635. The Balaban J connectivity index is 2.04. The Kier molecular flexibility index (Phi) is 7.17. The zero-order valence-corrected chi connectivity index (χ0v) is 15.0. The number of Topliss-reactive ketones (excluding diaryl/α,β-unsaturated/α-hetero) is 1. The molecule has 0 aromatic heterocycles. The number of nitrogens with two attached hydrogens (primary N) is 1. The van der Waals surface area contributed by atoms with Gasteiger partial charge < -0.3 is 19.9 Å². The van der Waals surface area contributed by atoms with Crippen LogP contribution in [0.25, 0.3) is 0 Å². The molecule has 0 amide bonds. The van der Waals surface area contributed by atoms with Crippen LogP contribution in [0.3, 0.4) is 0 Å². The third-order valence-electron chi connectivity index (χ3n) is 3.75. The van der Waals surface area contributed by atoms with Crippen molar-refractivity contribution in [3.63, 3.8) is 0 Å². The minimum atomic E-state index is -0.368. The summed E-state index contributed by atoms with van der Waals surface area (Å²) in [7, 11) is 1.52. The fourth-order valence-electron chi connectivity index (χ4n) is 2.45. The standard InChI is InChI=1S/C20H23NO5/c1-3-25-20(23)15-6-4-5-14(11-15)7-10-19(22)17-12-16(26-13-24-2)8-9-18(17)21/h4-6,8-9,11-12H,3,7,10,13,21H2,1-2H3. The van der Waals surface area contributed by atoms with Crippen LogP contribution >= 0.6 is 0 Å². The molecular formula is C20H23NO5. The van der Waals surface area contributed by atoms with E-state index in [-0.39, 0.29) is 25.0 Å². The number of rotatable bonds is 9. The van der Waals surface area contributed by atoms with E-state index in [4.69, 9.17) is 19.9 Å². The number of carbonyl (C=O) groups is 2.